The molecule has 2 unspecified atom stereocenters. The number of hydrogen-bond acceptors (Lipinski definition) is 6. The third-order valence-electron chi connectivity index (χ3n) is 4.34. The van der Waals surface area contributed by atoms with Gasteiger partial charge in [-0.25, -0.2) is 22.9 Å². The number of primary sulfonamides is 1. The van der Waals surface area contributed by atoms with E-state index in [-0.39, 0.29) is 21.2 Å². The van der Waals surface area contributed by atoms with E-state index in [4.69, 9.17) is 16.7 Å². The van der Waals surface area contributed by atoms with Crippen LogP contribution in [0.15, 0.2) is 28.6 Å². The average molecular weight is 405 g/mol. The number of halogens is 2. The van der Waals surface area contributed by atoms with Crippen molar-refractivity contribution in [2.24, 2.45) is 11.1 Å². The van der Waals surface area contributed by atoms with Crippen LogP contribution in [-0.2, 0) is 10.0 Å². The van der Waals surface area contributed by atoms with Gasteiger partial charge in [-0.15, -0.1) is 0 Å². The fourth-order valence-electron chi connectivity index (χ4n) is 3.15. The van der Waals surface area contributed by atoms with Gasteiger partial charge in [-0.2, -0.15) is 0 Å². The number of aromatic nitrogens is 1. The highest BCUT2D eigenvalue weighted by Crippen LogP contribution is 2.37. The molecule has 1 aliphatic heterocycles. The van der Waals surface area contributed by atoms with Crippen molar-refractivity contribution in [3.05, 3.63) is 40.8 Å². The van der Waals surface area contributed by atoms with Gasteiger partial charge in [0.1, 0.15) is 5.82 Å². The maximum Gasteiger partial charge on any atom is 0.249 e. The van der Waals surface area contributed by atoms with Gasteiger partial charge in [0.25, 0.3) is 0 Å². The average Bonchev–Trinajstić information content (AvgIpc) is 3.14. The zero-order valence-electron chi connectivity index (χ0n) is 13.4. The molecule has 1 saturated heterocycles. The number of anilines is 1. The van der Waals surface area contributed by atoms with Gasteiger partial charge in [0.05, 0.1) is 11.2 Å². The summed E-state index contributed by atoms with van der Waals surface area (Å²) in [5.74, 6) is -0.198. The summed E-state index contributed by atoms with van der Waals surface area (Å²) in [6, 6.07) is 4.94. The molecule has 0 spiro atoms. The van der Waals surface area contributed by atoms with Crippen LogP contribution in [0.1, 0.15) is 18.0 Å². The minimum Gasteiger partial charge on any atom is -0.361 e. The third kappa shape index (κ3) is 4.12. The van der Waals surface area contributed by atoms with Crippen molar-refractivity contribution in [1.82, 2.24) is 9.88 Å². The predicted molar refractivity (Wildman–Crippen MR) is 96.9 cm³/mol. The van der Waals surface area contributed by atoms with Gasteiger partial charge in [0, 0.05) is 12.6 Å². The van der Waals surface area contributed by atoms with Crippen LogP contribution in [0.25, 0.3) is 0 Å². The monoisotopic (exact) mass is 404 g/mol. The highest BCUT2D eigenvalue weighted by molar-refractivity contribution is 7.91. The lowest BCUT2D eigenvalue weighted by Crippen LogP contribution is -2.25. The van der Waals surface area contributed by atoms with Crippen molar-refractivity contribution in [1.29, 1.82) is 0 Å². The Morgan fingerprint density at radius 3 is 2.92 bits per heavy atom. The predicted octanol–water partition coefficient (Wildman–Crippen LogP) is 2.69. The summed E-state index contributed by atoms with van der Waals surface area (Å²) in [6.07, 6.45) is 2.18. The Kier molecular flexibility index (Phi) is 5.31. The molecule has 25 heavy (non-hydrogen) atoms. The molecule has 136 valence electrons. The molecule has 0 saturated carbocycles. The van der Waals surface area contributed by atoms with Crippen molar-refractivity contribution in [3.8, 4) is 0 Å². The first kappa shape index (κ1) is 18.5. The molecule has 6 nitrogen and oxygen atoms in total. The number of nitrogens with one attached hydrogen (secondary N) is 1. The Morgan fingerprint density at radius 2 is 2.28 bits per heavy atom. The summed E-state index contributed by atoms with van der Waals surface area (Å²) >= 11 is 6.77. The van der Waals surface area contributed by atoms with Gasteiger partial charge < -0.3 is 5.32 Å². The summed E-state index contributed by atoms with van der Waals surface area (Å²) in [5, 5.41) is 8.87. The van der Waals surface area contributed by atoms with Crippen LogP contribution in [0, 0.1) is 11.7 Å². The fourth-order valence-corrected chi connectivity index (χ4v) is 4.73. The van der Waals surface area contributed by atoms with E-state index in [1.165, 1.54) is 12.3 Å². The second-order valence-corrected chi connectivity index (χ2v) is 9.28. The summed E-state index contributed by atoms with van der Waals surface area (Å²) < 4.78 is 36.5. The molecule has 1 aliphatic rings. The smallest absolute Gasteiger partial charge is 0.249 e. The molecular formula is C15H18ClFN4O2S2. The number of likely N-dealkylation sites (tertiary alicyclic amines) is 1. The van der Waals surface area contributed by atoms with E-state index < -0.39 is 15.8 Å². The number of nitrogens with two attached hydrogens (primary N) is 1. The zero-order valence-corrected chi connectivity index (χ0v) is 15.8. The summed E-state index contributed by atoms with van der Waals surface area (Å²) in [6.45, 7) is 1.48. The van der Waals surface area contributed by atoms with Crippen molar-refractivity contribution in [2.45, 2.75) is 16.7 Å². The van der Waals surface area contributed by atoms with Crippen molar-refractivity contribution < 1.29 is 12.8 Å². The molecule has 2 aromatic rings. The van der Waals surface area contributed by atoms with Crippen LogP contribution in [0.4, 0.5) is 9.52 Å². The fraction of sp³-hybridized carbons (Fsp3) is 0.400. The second kappa shape index (κ2) is 7.16. The first-order chi connectivity index (χ1) is 11.8. The van der Waals surface area contributed by atoms with Gasteiger partial charge in [0.15, 0.2) is 9.34 Å². The Balaban J connectivity index is 1.72. The normalized spacial score (nSPS) is 21.6. The summed E-state index contributed by atoms with van der Waals surface area (Å²) in [5.41, 5.74) is 0.873. The van der Waals surface area contributed by atoms with Gasteiger partial charge >= 0.3 is 0 Å². The maximum atomic E-state index is 13.8. The molecule has 1 fully saturated rings. The molecule has 3 rings (SSSR count). The minimum absolute atomic E-state index is 0.0230. The number of nitrogens with zero attached hydrogens (tertiary/aromatic N) is 2. The van der Waals surface area contributed by atoms with Crippen LogP contribution in [0.3, 0.4) is 0 Å². The van der Waals surface area contributed by atoms with Crippen LogP contribution < -0.4 is 10.5 Å². The minimum atomic E-state index is -3.74. The SMILES string of the molecule is CN1CCC(CNc2ncc(S(N)(=O)=O)s2)C1c1ccc(Cl)c(F)c1. The summed E-state index contributed by atoms with van der Waals surface area (Å²) in [7, 11) is -1.74. The van der Waals surface area contributed by atoms with Crippen molar-refractivity contribution >= 4 is 38.1 Å². The van der Waals surface area contributed by atoms with Gasteiger partial charge in [-0.1, -0.05) is 29.0 Å². The quantitative estimate of drug-likeness (QED) is 0.799. The standard InChI is InChI=1S/C15H18ClFN4O2S2/c1-21-5-4-10(14(21)9-2-3-11(16)12(17)6-9)7-19-15-20-8-13(24-15)25(18,22)23/h2-3,6,8,10,14H,4-5,7H2,1H3,(H,19,20)(H2,18,22,23). The Hall–Kier alpha value is -1.26. The van der Waals surface area contributed by atoms with E-state index in [0.717, 1.165) is 29.9 Å². The molecule has 0 amide bonds. The molecule has 0 bridgehead atoms. The lowest BCUT2D eigenvalue weighted by molar-refractivity contribution is 0.281. The van der Waals surface area contributed by atoms with Crippen LogP contribution in [-0.4, -0.2) is 38.4 Å². The second-order valence-electron chi connectivity index (χ2n) is 6.06. The lowest BCUT2D eigenvalue weighted by Gasteiger charge is -2.26. The van der Waals surface area contributed by atoms with E-state index in [1.807, 2.05) is 13.1 Å². The van der Waals surface area contributed by atoms with Crippen LogP contribution in [0.5, 0.6) is 0 Å². The van der Waals surface area contributed by atoms with Gasteiger partial charge in [-0.05, 0) is 43.6 Å². The molecule has 3 N–H and O–H groups in total. The lowest BCUT2D eigenvalue weighted by atomic mass is 9.93. The Morgan fingerprint density at radius 1 is 1.52 bits per heavy atom. The molecule has 2 atom stereocenters. The number of benzene rings is 1. The Bertz CT molecular complexity index is 874. The van der Waals surface area contributed by atoms with E-state index in [0.29, 0.717) is 11.7 Å². The molecule has 10 heteroatoms. The topological polar surface area (TPSA) is 88.3 Å². The third-order valence-corrected chi connectivity index (χ3v) is 7.01. The van der Waals surface area contributed by atoms with Crippen LogP contribution >= 0.6 is 22.9 Å². The molecule has 0 radical (unpaired) electrons. The number of sulfonamides is 1. The van der Waals surface area contributed by atoms with Crippen molar-refractivity contribution in [2.75, 3.05) is 25.5 Å². The Labute approximate surface area is 154 Å². The highest BCUT2D eigenvalue weighted by atomic mass is 35.5. The number of thiazole rings is 1. The van der Waals surface area contributed by atoms with E-state index in [2.05, 4.69) is 15.2 Å². The van der Waals surface area contributed by atoms with Gasteiger partial charge in [0.2, 0.25) is 10.0 Å². The van der Waals surface area contributed by atoms with E-state index >= 15 is 0 Å². The molecule has 1 aromatic heterocycles. The highest BCUT2D eigenvalue weighted by Gasteiger charge is 2.33. The van der Waals surface area contributed by atoms with E-state index in [9.17, 15) is 12.8 Å². The van der Waals surface area contributed by atoms with E-state index in [1.54, 1.807) is 6.07 Å². The molecule has 1 aromatic carbocycles. The maximum absolute atomic E-state index is 13.8. The molecular weight excluding hydrogens is 387 g/mol. The zero-order chi connectivity index (χ0) is 18.2. The van der Waals surface area contributed by atoms with Crippen molar-refractivity contribution in [3.63, 3.8) is 0 Å². The number of hydrogen-bond donors (Lipinski definition) is 2. The molecule has 2 heterocycles. The van der Waals surface area contributed by atoms with Crippen LogP contribution in [0.2, 0.25) is 5.02 Å². The summed E-state index contributed by atoms with van der Waals surface area (Å²) in [4.78, 5) is 6.22. The first-order valence-electron chi connectivity index (χ1n) is 7.63. The number of rotatable bonds is 5. The van der Waals surface area contributed by atoms with Gasteiger partial charge in [-0.3, -0.25) is 4.90 Å². The first-order valence-corrected chi connectivity index (χ1v) is 10.4. The molecule has 0 aliphatic carbocycles. The largest absolute Gasteiger partial charge is 0.361 e.